The fourth-order valence-electron chi connectivity index (χ4n) is 2.35. The number of carbonyl (C=O) groups is 1. The zero-order valence-electron chi connectivity index (χ0n) is 13.5. The average Bonchev–Trinajstić information content (AvgIpc) is 3.02. The Balaban J connectivity index is 1.80. The van der Waals surface area contributed by atoms with Crippen LogP contribution in [0.4, 0.5) is 11.4 Å². The van der Waals surface area contributed by atoms with Crippen LogP contribution >= 0.6 is 23.2 Å². The zero-order valence-corrected chi connectivity index (χ0v) is 15.9. The van der Waals surface area contributed by atoms with Crippen molar-refractivity contribution in [1.29, 1.82) is 0 Å². The molecular formula is C16H14Cl2N2O5S. The lowest BCUT2D eigenvalue weighted by molar-refractivity contribution is -0.114. The molecule has 2 aromatic carbocycles. The van der Waals surface area contributed by atoms with Gasteiger partial charge in [0.25, 0.3) is 0 Å². The number of nitrogens with zero attached hydrogens (tertiary/aromatic N) is 1. The Morgan fingerprint density at radius 2 is 1.85 bits per heavy atom. The van der Waals surface area contributed by atoms with Crippen molar-refractivity contribution in [1.82, 2.24) is 0 Å². The Morgan fingerprint density at radius 3 is 2.54 bits per heavy atom. The Labute approximate surface area is 160 Å². The van der Waals surface area contributed by atoms with Gasteiger partial charge in [0.15, 0.2) is 11.5 Å². The number of amides is 1. The molecular weight excluding hydrogens is 403 g/mol. The Kier molecular flexibility index (Phi) is 5.17. The first-order chi connectivity index (χ1) is 12.2. The fraction of sp³-hybridized carbons (Fsp3) is 0.188. The first kappa shape index (κ1) is 18.6. The molecule has 0 atom stereocenters. The first-order valence-corrected chi connectivity index (χ1v) is 9.97. The van der Waals surface area contributed by atoms with Gasteiger partial charge in [0.2, 0.25) is 22.7 Å². The van der Waals surface area contributed by atoms with E-state index in [0.717, 1.165) is 10.6 Å². The summed E-state index contributed by atoms with van der Waals surface area (Å²) >= 11 is 11.7. The summed E-state index contributed by atoms with van der Waals surface area (Å²) in [5.74, 6) is 0.398. The number of sulfonamides is 1. The van der Waals surface area contributed by atoms with Crippen molar-refractivity contribution in [3.05, 3.63) is 46.4 Å². The van der Waals surface area contributed by atoms with Gasteiger partial charge in [-0.05, 0) is 30.3 Å². The third-order valence-electron chi connectivity index (χ3n) is 3.54. The lowest BCUT2D eigenvalue weighted by Gasteiger charge is -2.22. The first-order valence-electron chi connectivity index (χ1n) is 7.36. The van der Waals surface area contributed by atoms with Gasteiger partial charge in [0.1, 0.15) is 6.54 Å². The second-order valence-corrected chi connectivity index (χ2v) is 8.21. The van der Waals surface area contributed by atoms with Gasteiger partial charge in [-0.1, -0.05) is 23.2 Å². The molecule has 0 aliphatic carbocycles. The van der Waals surface area contributed by atoms with E-state index in [0.29, 0.717) is 27.9 Å². The molecule has 2 aromatic rings. The number of benzene rings is 2. The molecule has 0 saturated heterocycles. The van der Waals surface area contributed by atoms with E-state index in [1.54, 1.807) is 18.2 Å². The molecule has 0 saturated carbocycles. The molecule has 0 radical (unpaired) electrons. The summed E-state index contributed by atoms with van der Waals surface area (Å²) in [7, 11) is -3.71. The smallest absolute Gasteiger partial charge is 0.245 e. The molecule has 0 aromatic heterocycles. The number of nitrogens with one attached hydrogen (secondary N) is 1. The minimum Gasteiger partial charge on any atom is -0.454 e. The molecule has 138 valence electrons. The number of hydrogen-bond acceptors (Lipinski definition) is 5. The van der Waals surface area contributed by atoms with Crippen molar-refractivity contribution < 1.29 is 22.7 Å². The summed E-state index contributed by atoms with van der Waals surface area (Å²) in [4.78, 5) is 12.3. The van der Waals surface area contributed by atoms with Gasteiger partial charge in [0, 0.05) is 11.8 Å². The summed E-state index contributed by atoms with van der Waals surface area (Å²) in [6.45, 7) is -0.353. The third kappa shape index (κ3) is 4.14. The topological polar surface area (TPSA) is 84.9 Å². The van der Waals surface area contributed by atoms with Crippen LogP contribution in [-0.2, 0) is 14.8 Å². The van der Waals surface area contributed by atoms with Crippen molar-refractivity contribution >= 4 is 50.5 Å². The van der Waals surface area contributed by atoms with E-state index in [-0.39, 0.29) is 11.8 Å². The lowest BCUT2D eigenvalue weighted by Crippen LogP contribution is -2.37. The van der Waals surface area contributed by atoms with E-state index in [4.69, 9.17) is 32.7 Å². The average molecular weight is 417 g/mol. The predicted octanol–water partition coefficient (Wildman–Crippen LogP) is 3.13. The van der Waals surface area contributed by atoms with E-state index in [9.17, 15) is 13.2 Å². The van der Waals surface area contributed by atoms with Gasteiger partial charge in [-0.15, -0.1) is 0 Å². The highest BCUT2D eigenvalue weighted by atomic mass is 35.5. The summed E-state index contributed by atoms with van der Waals surface area (Å²) in [5.41, 5.74) is 0.699. The molecule has 1 N–H and O–H groups in total. The molecule has 1 amide bonds. The quantitative estimate of drug-likeness (QED) is 0.808. The second-order valence-electron chi connectivity index (χ2n) is 5.48. The van der Waals surface area contributed by atoms with E-state index in [1.165, 1.54) is 18.2 Å². The summed E-state index contributed by atoms with van der Waals surface area (Å²) in [6, 6.07) is 9.22. The predicted molar refractivity (Wildman–Crippen MR) is 99.8 cm³/mol. The van der Waals surface area contributed by atoms with Gasteiger partial charge in [-0.25, -0.2) is 8.42 Å². The van der Waals surface area contributed by atoms with Crippen molar-refractivity contribution in [2.75, 3.05) is 29.2 Å². The molecule has 0 unspecified atom stereocenters. The van der Waals surface area contributed by atoms with Gasteiger partial charge in [-0.2, -0.15) is 0 Å². The molecule has 7 nitrogen and oxygen atoms in total. The van der Waals surface area contributed by atoms with Gasteiger partial charge in [0.05, 0.1) is 22.0 Å². The highest BCUT2D eigenvalue weighted by Gasteiger charge is 2.24. The number of hydrogen-bond donors (Lipinski definition) is 1. The van der Waals surface area contributed by atoms with Crippen molar-refractivity contribution in [3.8, 4) is 11.5 Å². The molecule has 10 heteroatoms. The zero-order chi connectivity index (χ0) is 18.9. The number of rotatable bonds is 5. The molecule has 1 heterocycles. The van der Waals surface area contributed by atoms with Gasteiger partial charge < -0.3 is 14.8 Å². The van der Waals surface area contributed by atoms with Crippen LogP contribution in [0.2, 0.25) is 10.0 Å². The van der Waals surface area contributed by atoms with E-state index < -0.39 is 22.5 Å². The third-order valence-corrected chi connectivity index (χ3v) is 5.41. The number of anilines is 2. The van der Waals surface area contributed by atoms with Crippen LogP contribution in [0.15, 0.2) is 36.4 Å². The summed E-state index contributed by atoms with van der Waals surface area (Å²) < 4.78 is 35.7. The molecule has 0 fully saturated rings. The highest BCUT2D eigenvalue weighted by Crippen LogP contribution is 2.36. The maximum Gasteiger partial charge on any atom is 0.245 e. The van der Waals surface area contributed by atoms with Crippen LogP contribution < -0.4 is 19.1 Å². The lowest BCUT2D eigenvalue weighted by atomic mass is 10.2. The number of ether oxygens (including phenoxy) is 2. The van der Waals surface area contributed by atoms with E-state index in [1.807, 2.05) is 0 Å². The molecule has 26 heavy (non-hydrogen) atoms. The SMILES string of the molecule is CS(=O)(=O)N(CC(=O)Nc1ccc(Cl)c(Cl)c1)c1ccc2c(c1)OCO2. The Hall–Kier alpha value is -2.16. The number of carbonyl (C=O) groups excluding carboxylic acids is 1. The van der Waals surface area contributed by atoms with Crippen LogP contribution in [0, 0.1) is 0 Å². The fourth-order valence-corrected chi connectivity index (χ4v) is 3.49. The molecule has 3 rings (SSSR count). The Bertz CT molecular complexity index is 965. The van der Waals surface area contributed by atoms with E-state index >= 15 is 0 Å². The maximum absolute atomic E-state index is 12.3. The van der Waals surface area contributed by atoms with Crippen LogP contribution in [0.5, 0.6) is 11.5 Å². The minimum absolute atomic E-state index is 0.0650. The molecule has 1 aliphatic heterocycles. The minimum atomic E-state index is -3.71. The molecule has 1 aliphatic rings. The van der Waals surface area contributed by atoms with Crippen molar-refractivity contribution in [3.63, 3.8) is 0 Å². The monoisotopic (exact) mass is 416 g/mol. The van der Waals surface area contributed by atoms with Crippen molar-refractivity contribution in [2.45, 2.75) is 0 Å². The van der Waals surface area contributed by atoms with Crippen LogP contribution in [-0.4, -0.2) is 33.9 Å². The molecule has 0 spiro atoms. The summed E-state index contributed by atoms with van der Waals surface area (Å²) in [5, 5.41) is 3.22. The standard InChI is InChI=1S/C16H14Cl2N2O5S/c1-26(22,23)20(11-3-5-14-15(7-11)25-9-24-14)8-16(21)19-10-2-4-12(17)13(18)6-10/h2-7H,8-9H2,1H3,(H,19,21). The highest BCUT2D eigenvalue weighted by molar-refractivity contribution is 7.92. The van der Waals surface area contributed by atoms with Crippen molar-refractivity contribution in [2.24, 2.45) is 0 Å². The summed E-state index contributed by atoms with van der Waals surface area (Å²) in [6.07, 6.45) is 1.02. The Morgan fingerprint density at radius 1 is 1.12 bits per heavy atom. The molecule has 0 bridgehead atoms. The van der Waals surface area contributed by atoms with E-state index in [2.05, 4.69) is 5.32 Å². The van der Waals surface area contributed by atoms with Crippen LogP contribution in [0.25, 0.3) is 0 Å². The second kappa shape index (κ2) is 7.22. The maximum atomic E-state index is 12.3. The largest absolute Gasteiger partial charge is 0.454 e. The van der Waals surface area contributed by atoms with Gasteiger partial charge in [-0.3, -0.25) is 9.10 Å². The number of fused-ring (bicyclic) bond motifs is 1. The normalized spacial score (nSPS) is 12.7. The number of halogens is 2. The van der Waals surface area contributed by atoms with Crippen LogP contribution in [0.3, 0.4) is 0 Å². The van der Waals surface area contributed by atoms with Gasteiger partial charge >= 0.3 is 0 Å². The van der Waals surface area contributed by atoms with Crippen LogP contribution in [0.1, 0.15) is 0 Å².